The van der Waals surface area contributed by atoms with Crippen LogP contribution in [0.1, 0.15) is 29.9 Å². The molecule has 19 heavy (non-hydrogen) atoms. The molecule has 1 heterocycles. The Morgan fingerprint density at radius 1 is 1.42 bits per heavy atom. The van der Waals surface area contributed by atoms with Crippen LogP contribution in [0.15, 0.2) is 12.1 Å². The van der Waals surface area contributed by atoms with Crippen molar-refractivity contribution in [1.29, 1.82) is 0 Å². The van der Waals surface area contributed by atoms with Crippen molar-refractivity contribution in [2.75, 3.05) is 26.1 Å². The molecule has 0 bridgehead atoms. The summed E-state index contributed by atoms with van der Waals surface area (Å²) in [4.78, 5) is 18.3. The van der Waals surface area contributed by atoms with Gasteiger partial charge in [0.05, 0.1) is 0 Å². The average molecular weight is 265 g/mol. The number of amides is 1. The minimum atomic E-state index is -0.128. The van der Waals surface area contributed by atoms with Crippen molar-refractivity contribution < 1.29 is 4.79 Å². The highest BCUT2D eigenvalue weighted by atomic mass is 16.1. The molecule has 0 radical (unpaired) electrons. The highest BCUT2D eigenvalue weighted by molar-refractivity contribution is 5.95. The molecule has 106 valence electrons. The SMILES string of the molecule is Cc1cc(C(=O)NCC(C)(C)N(C)C)cc(NN)n1. The van der Waals surface area contributed by atoms with E-state index in [9.17, 15) is 4.79 Å². The predicted molar refractivity (Wildman–Crippen MR) is 76.9 cm³/mol. The summed E-state index contributed by atoms with van der Waals surface area (Å²) in [7, 11) is 3.97. The Morgan fingerprint density at radius 3 is 2.58 bits per heavy atom. The number of aromatic nitrogens is 1. The number of pyridine rings is 1. The van der Waals surface area contributed by atoms with E-state index in [1.807, 2.05) is 21.0 Å². The van der Waals surface area contributed by atoms with Crippen molar-refractivity contribution in [1.82, 2.24) is 15.2 Å². The van der Waals surface area contributed by atoms with E-state index in [4.69, 9.17) is 5.84 Å². The second kappa shape index (κ2) is 5.99. The summed E-state index contributed by atoms with van der Waals surface area (Å²) < 4.78 is 0. The Labute approximate surface area is 114 Å². The molecule has 0 aliphatic heterocycles. The smallest absolute Gasteiger partial charge is 0.251 e. The lowest BCUT2D eigenvalue weighted by molar-refractivity contribution is 0.0919. The van der Waals surface area contributed by atoms with Crippen molar-refractivity contribution >= 4 is 11.7 Å². The van der Waals surface area contributed by atoms with Crippen molar-refractivity contribution in [3.8, 4) is 0 Å². The molecule has 0 unspecified atom stereocenters. The molecule has 6 nitrogen and oxygen atoms in total. The molecule has 0 spiro atoms. The molecule has 0 fully saturated rings. The van der Waals surface area contributed by atoms with Crippen LogP contribution in [0.2, 0.25) is 0 Å². The van der Waals surface area contributed by atoms with E-state index in [0.717, 1.165) is 5.69 Å². The molecule has 4 N–H and O–H groups in total. The quantitative estimate of drug-likeness (QED) is 0.540. The standard InChI is InChI=1S/C13H23N5O/c1-9-6-10(7-11(16-9)17-14)12(19)15-8-13(2,3)18(4)5/h6-7H,8,14H2,1-5H3,(H,15,19)(H,16,17). The molecule has 0 aliphatic carbocycles. The first-order valence-corrected chi connectivity index (χ1v) is 6.17. The predicted octanol–water partition coefficient (Wildman–Crippen LogP) is 0.746. The zero-order valence-electron chi connectivity index (χ0n) is 12.2. The lowest BCUT2D eigenvalue weighted by Gasteiger charge is -2.32. The number of rotatable bonds is 5. The number of aryl methyl sites for hydroxylation is 1. The van der Waals surface area contributed by atoms with Gasteiger partial charge in [0.15, 0.2) is 0 Å². The Morgan fingerprint density at radius 2 is 2.05 bits per heavy atom. The summed E-state index contributed by atoms with van der Waals surface area (Å²) in [5.41, 5.74) is 3.64. The summed E-state index contributed by atoms with van der Waals surface area (Å²) in [6.07, 6.45) is 0. The number of hydrogen-bond acceptors (Lipinski definition) is 5. The van der Waals surface area contributed by atoms with Gasteiger partial charge in [-0.05, 0) is 47.0 Å². The van der Waals surface area contributed by atoms with Crippen molar-refractivity contribution in [2.45, 2.75) is 26.3 Å². The van der Waals surface area contributed by atoms with E-state index in [2.05, 4.69) is 34.5 Å². The largest absolute Gasteiger partial charge is 0.350 e. The van der Waals surface area contributed by atoms with Crippen LogP contribution in [0.4, 0.5) is 5.82 Å². The molecule has 1 aromatic heterocycles. The Kier molecular flexibility index (Phi) is 4.85. The van der Waals surface area contributed by atoms with Crippen LogP contribution < -0.4 is 16.6 Å². The van der Waals surface area contributed by atoms with E-state index in [1.165, 1.54) is 0 Å². The normalized spacial score (nSPS) is 11.5. The van der Waals surface area contributed by atoms with Crippen LogP contribution in [0.5, 0.6) is 0 Å². The fourth-order valence-corrected chi connectivity index (χ4v) is 1.43. The van der Waals surface area contributed by atoms with Crippen molar-refractivity contribution in [2.24, 2.45) is 5.84 Å². The highest BCUT2D eigenvalue weighted by Gasteiger charge is 2.21. The van der Waals surface area contributed by atoms with Crippen molar-refractivity contribution in [3.05, 3.63) is 23.4 Å². The first-order valence-electron chi connectivity index (χ1n) is 6.17. The molecule has 1 aromatic rings. The number of nitrogens with two attached hydrogens (primary N) is 1. The highest BCUT2D eigenvalue weighted by Crippen LogP contribution is 2.11. The molecule has 0 atom stereocenters. The molecular formula is C13H23N5O. The van der Waals surface area contributed by atoms with Gasteiger partial charge < -0.3 is 15.6 Å². The Balaban J connectivity index is 2.76. The number of hydrogen-bond donors (Lipinski definition) is 3. The van der Waals surface area contributed by atoms with Crippen LogP contribution >= 0.6 is 0 Å². The van der Waals surface area contributed by atoms with E-state index in [0.29, 0.717) is 17.9 Å². The molecule has 0 saturated heterocycles. The number of hydrazine groups is 1. The molecule has 6 heteroatoms. The van der Waals surface area contributed by atoms with Crippen LogP contribution in [0, 0.1) is 6.92 Å². The summed E-state index contributed by atoms with van der Waals surface area (Å²) in [6.45, 7) is 6.52. The van der Waals surface area contributed by atoms with Crippen molar-refractivity contribution in [3.63, 3.8) is 0 Å². The zero-order chi connectivity index (χ0) is 14.6. The van der Waals surface area contributed by atoms with Gasteiger partial charge in [-0.25, -0.2) is 10.8 Å². The van der Waals surface area contributed by atoms with Gasteiger partial charge in [-0.15, -0.1) is 0 Å². The van der Waals surface area contributed by atoms with E-state index < -0.39 is 0 Å². The maximum atomic E-state index is 12.1. The minimum absolute atomic E-state index is 0.104. The fraction of sp³-hybridized carbons (Fsp3) is 0.538. The molecular weight excluding hydrogens is 242 g/mol. The van der Waals surface area contributed by atoms with Crippen LogP contribution in [-0.2, 0) is 0 Å². The summed E-state index contributed by atoms with van der Waals surface area (Å²) in [6, 6.07) is 3.36. The Bertz CT molecular complexity index is 456. The number of nitrogens with zero attached hydrogens (tertiary/aromatic N) is 2. The summed E-state index contributed by atoms with van der Waals surface area (Å²) in [5.74, 6) is 5.68. The fourth-order valence-electron chi connectivity index (χ4n) is 1.43. The molecule has 1 amide bonds. The molecule has 0 aromatic carbocycles. The molecule has 0 aliphatic rings. The molecule has 1 rings (SSSR count). The minimum Gasteiger partial charge on any atom is -0.350 e. The van der Waals surface area contributed by atoms with Gasteiger partial charge in [-0.3, -0.25) is 4.79 Å². The van der Waals surface area contributed by atoms with Gasteiger partial charge in [0.25, 0.3) is 5.91 Å². The van der Waals surface area contributed by atoms with Gasteiger partial charge in [-0.2, -0.15) is 0 Å². The lowest BCUT2D eigenvalue weighted by Crippen LogP contribution is -2.48. The van der Waals surface area contributed by atoms with E-state index >= 15 is 0 Å². The van der Waals surface area contributed by atoms with Gasteiger partial charge in [0.2, 0.25) is 0 Å². The third-order valence-electron chi connectivity index (χ3n) is 3.26. The van der Waals surface area contributed by atoms with E-state index in [1.54, 1.807) is 12.1 Å². The van der Waals surface area contributed by atoms with Crippen LogP contribution in [0.25, 0.3) is 0 Å². The summed E-state index contributed by atoms with van der Waals surface area (Å²) >= 11 is 0. The lowest BCUT2D eigenvalue weighted by atomic mass is 10.0. The maximum Gasteiger partial charge on any atom is 0.251 e. The summed E-state index contributed by atoms with van der Waals surface area (Å²) in [5, 5.41) is 2.92. The molecule has 0 saturated carbocycles. The number of anilines is 1. The van der Waals surface area contributed by atoms with Crippen LogP contribution in [-0.4, -0.2) is 42.0 Å². The number of nitrogens with one attached hydrogen (secondary N) is 2. The van der Waals surface area contributed by atoms with Gasteiger partial charge >= 0.3 is 0 Å². The topological polar surface area (TPSA) is 83.3 Å². The van der Waals surface area contributed by atoms with Crippen LogP contribution in [0.3, 0.4) is 0 Å². The van der Waals surface area contributed by atoms with Gasteiger partial charge in [0, 0.05) is 23.3 Å². The second-order valence-electron chi connectivity index (χ2n) is 5.42. The van der Waals surface area contributed by atoms with Gasteiger partial charge in [0.1, 0.15) is 5.82 Å². The number of carbonyl (C=O) groups excluding carboxylic acids is 1. The third-order valence-corrected chi connectivity index (χ3v) is 3.26. The maximum absolute atomic E-state index is 12.1. The number of nitrogen functional groups attached to an aromatic ring is 1. The third kappa shape index (κ3) is 4.18. The number of likely N-dealkylation sites (N-methyl/N-ethyl adjacent to an activating group) is 1. The second-order valence-corrected chi connectivity index (χ2v) is 5.42. The zero-order valence-corrected chi connectivity index (χ0v) is 12.2. The van der Waals surface area contributed by atoms with E-state index in [-0.39, 0.29) is 11.4 Å². The first-order chi connectivity index (χ1) is 8.76. The average Bonchev–Trinajstić information content (AvgIpc) is 2.34. The monoisotopic (exact) mass is 265 g/mol. The Hall–Kier alpha value is -1.66. The number of carbonyl (C=O) groups is 1. The van der Waals surface area contributed by atoms with Gasteiger partial charge in [-0.1, -0.05) is 0 Å². The first kappa shape index (κ1) is 15.4.